The van der Waals surface area contributed by atoms with Crippen LogP contribution in [-0.4, -0.2) is 17.6 Å². The molecule has 1 aliphatic heterocycles. The van der Waals surface area contributed by atoms with Crippen LogP contribution in [0.25, 0.3) is 0 Å². The Morgan fingerprint density at radius 3 is 2.53 bits per heavy atom. The molecule has 0 saturated heterocycles. The van der Waals surface area contributed by atoms with Crippen LogP contribution in [0.4, 0.5) is 10.5 Å². The van der Waals surface area contributed by atoms with Crippen LogP contribution in [0, 0.1) is 0 Å². The number of carbonyl (C=O) groups is 2. The van der Waals surface area contributed by atoms with Crippen molar-refractivity contribution in [2.24, 2.45) is 10.8 Å². The number of nitrogens with two attached hydrogens (primary N) is 1. The Bertz CT molecular complexity index is 479. The van der Waals surface area contributed by atoms with Crippen molar-refractivity contribution in [1.29, 1.82) is 0 Å². The minimum Gasteiger partial charge on any atom is -0.351 e. The van der Waals surface area contributed by atoms with E-state index in [9.17, 15) is 9.59 Å². The molecule has 0 bridgehead atoms. The number of nitrogens with zero attached hydrogens (tertiary/aromatic N) is 1. The maximum Gasteiger partial charge on any atom is 0.316 e. The predicted molar refractivity (Wildman–Crippen MR) is 63.6 cm³/mol. The number of nitrogens with one attached hydrogen (secondary N) is 2. The first-order valence-corrected chi connectivity index (χ1v) is 5.17. The van der Waals surface area contributed by atoms with Crippen molar-refractivity contribution in [3.8, 4) is 0 Å². The van der Waals surface area contributed by atoms with Gasteiger partial charge in [-0.1, -0.05) is 12.1 Å². The second kappa shape index (κ2) is 4.65. The van der Waals surface area contributed by atoms with Crippen LogP contribution in [0.5, 0.6) is 0 Å². The predicted octanol–water partition coefficient (Wildman–Crippen LogP) is 0.791. The molecule has 0 aliphatic carbocycles. The van der Waals surface area contributed by atoms with Gasteiger partial charge in [0.25, 0.3) is 0 Å². The van der Waals surface area contributed by atoms with Gasteiger partial charge in [-0.25, -0.2) is 10.2 Å². The molecule has 1 aromatic carbocycles. The molecule has 6 nitrogen and oxygen atoms in total. The Labute approximate surface area is 97.9 Å². The van der Waals surface area contributed by atoms with Gasteiger partial charge >= 0.3 is 6.03 Å². The maximum absolute atomic E-state index is 10.9. The van der Waals surface area contributed by atoms with Gasteiger partial charge in [0.05, 0.1) is 5.71 Å². The minimum absolute atomic E-state index is 0.0687. The van der Waals surface area contributed by atoms with Crippen molar-refractivity contribution in [2.75, 3.05) is 5.32 Å². The molecule has 1 aromatic rings. The van der Waals surface area contributed by atoms with Gasteiger partial charge in [-0.3, -0.25) is 4.79 Å². The highest BCUT2D eigenvalue weighted by atomic mass is 16.2. The zero-order valence-electron chi connectivity index (χ0n) is 9.06. The zero-order chi connectivity index (χ0) is 12.3. The van der Waals surface area contributed by atoms with Crippen LogP contribution in [0.1, 0.15) is 18.4 Å². The summed E-state index contributed by atoms with van der Waals surface area (Å²) in [4.78, 5) is 21.6. The van der Waals surface area contributed by atoms with Crippen molar-refractivity contribution in [2.45, 2.75) is 12.8 Å². The van der Waals surface area contributed by atoms with E-state index in [0.29, 0.717) is 18.5 Å². The number of rotatable bonds is 2. The number of amides is 3. The number of primary amides is 1. The standard InChI is InChI=1S/C11H12N4O2/c12-11(17)13-8-3-1-7(2-4-8)9-5-6-10(16)15-14-9/h1-4H,5-6H2,(H,15,16)(H3,12,13,17). The lowest BCUT2D eigenvalue weighted by Crippen LogP contribution is -2.25. The van der Waals surface area contributed by atoms with Gasteiger partial charge in [0.2, 0.25) is 5.91 Å². The molecule has 6 heteroatoms. The average Bonchev–Trinajstić information content (AvgIpc) is 2.30. The van der Waals surface area contributed by atoms with E-state index in [1.807, 2.05) is 12.1 Å². The van der Waals surface area contributed by atoms with E-state index in [0.717, 1.165) is 11.3 Å². The van der Waals surface area contributed by atoms with E-state index in [4.69, 9.17) is 5.73 Å². The molecule has 1 heterocycles. The first-order valence-electron chi connectivity index (χ1n) is 5.17. The van der Waals surface area contributed by atoms with Gasteiger partial charge in [-0.05, 0) is 17.7 Å². The summed E-state index contributed by atoms with van der Waals surface area (Å²) in [7, 11) is 0. The van der Waals surface area contributed by atoms with Gasteiger partial charge in [-0.15, -0.1) is 0 Å². The highest BCUT2D eigenvalue weighted by Gasteiger charge is 2.12. The molecular weight excluding hydrogens is 220 g/mol. The molecule has 1 aliphatic rings. The van der Waals surface area contributed by atoms with Crippen molar-refractivity contribution in [3.63, 3.8) is 0 Å². The third kappa shape index (κ3) is 2.81. The van der Waals surface area contributed by atoms with Gasteiger partial charge in [0, 0.05) is 18.5 Å². The largest absolute Gasteiger partial charge is 0.351 e. The highest BCUT2D eigenvalue weighted by Crippen LogP contribution is 2.13. The van der Waals surface area contributed by atoms with Gasteiger partial charge in [0.1, 0.15) is 0 Å². The summed E-state index contributed by atoms with van der Waals surface area (Å²) in [5.74, 6) is -0.0687. The SMILES string of the molecule is NC(=O)Nc1ccc(C2=NNC(=O)CC2)cc1. The molecule has 0 radical (unpaired) electrons. The quantitative estimate of drug-likeness (QED) is 0.702. The van der Waals surface area contributed by atoms with Crippen LogP contribution < -0.4 is 16.5 Å². The summed E-state index contributed by atoms with van der Waals surface area (Å²) >= 11 is 0. The van der Waals surface area contributed by atoms with Crippen LogP contribution in [0.2, 0.25) is 0 Å². The summed E-state index contributed by atoms with van der Waals surface area (Å²) in [6.07, 6.45) is 1.06. The van der Waals surface area contributed by atoms with Gasteiger partial charge < -0.3 is 11.1 Å². The van der Waals surface area contributed by atoms with E-state index >= 15 is 0 Å². The van der Waals surface area contributed by atoms with Crippen LogP contribution in [0.15, 0.2) is 29.4 Å². The fraction of sp³-hybridized carbons (Fsp3) is 0.182. The normalized spacial score (nSPS) is 14.8. The molecule has 0 spiro atoms. The van der Waals surface area contributed by atoms with Crippen LogP contribution in [-0.2, 0) is 4.79 Å². The second-order valence-electron chi connectivity index (χ2n) is 3.66. The number of carbonyl (C=O) groups excluding carboxylic acids is 2. The summed E-state index contributed by atoms with van der Waals surface area (Å²) < 4.78 is 0. The Morgan fingerprint density at radius 2 is 2.00 bits per heavy atom. The van der Waals surface area contributed by atoms with E-state index < -0.39 is 6.03 Å². The van der Waals surface area contributed by atoms with Crippen molar-refractivity contribution in [1.82, 2.24) is 5.43 Å². The molecule has 88 valence electrons. The number of benzene rings is 1. The molecule has 0 fully saturated rings. The smallest absolute Gasteiger partial charge is 0.316 e. The van der Waals surface area contributed by atoms with Crippen LogP contribution in [0.3, 0.4) is 0 Å². The van der Waals surface area contributed by atoms with Crippen molar-refractivity contribution < 1.29 is 9.59 Å². The Morgan fingerprint density at radius 1 is 1.29 bits per heavy atom. The zero-order valence-corrected chi connectivity index (χ0v) is 9.06. The number of hydrazone groups is 1. The van der Waals surface area contributed by atoms with Gasteiger partial charge in [0.15, 0.2) is 0 Å². The molecular formula is C11H12N4O2. The van der Waals surface area contributed by atoms with Crippen molar-refractivity contribution >= 4 is 23.3 Å². The number of urea groups is 1. The van der Waals surface area contributed by atoms with Crippen LogP contribution >= 0.6 is 0 Å². The van der Waals surface area contributed by atoms with Crippen molar-refractivity contribution in [3.05, 3.63) is 29.8 Å². The third-order valence-electron chi connectivity index (χ3n) is 2.39. The number of hydrogen-bond donors (Lipinski definition) is 3. The topological polar surface area (TPSA) is 96.6 Å². The first-order chi connectivity index (χ1) is 8.15. The van der Waals surface area contributed by atoms with E-state index in [1.165, 1.54) is 0 Å². The maximum atomic E-state index is 10.9. The van der Waals surface area contributed by atoms with E-state index in [-0.39, 0.29) is 5.91 Å². The fourth-order valence-electron chi connectivity index (χ4n) is 1.57. The monoisotopic (exact) mass is 232 g/mol. The van der Waals surface area contributed by atoms with E-state index in [2.05, 4.69) is 15.8 Å². The molecule has 3 amide bonds. The summed E-state index contributed by atoms with van der Waals surface area (Å²) in [5.41, 5.74) is 9.81. The Kier molecular flexibility index (Phi) is 3.04. The first kappa shape index (κ1) is 11.1. The lowest BCUT2D eigenvalue weighted by molar-refractivity contribution is -0.121. The summed E-state index contributed by atoms with van der Waals surface area (Å²) in [5, 5.41) is 6.45. The molecule has 0 aromatic heterocycles. The second-order valence-corrected chi connectivity index (χ2v) is 3.66. The summed E-state index contributed by atoms with van der Waals surface area (Å²) in [6.45, 7) is 0. The third-order valence-corrected chi connectivity index (χ3v) is 2.39. The summed E-state index contributed by atoms with van der Waals surface area (Å²) in [6, 6.07) is 6.52. The van der Waals surface area contributed by atoms with E-state index in [1.54, 1.807) is 12.1 Å². The molecule has 4 N–H and O–H groups in total. The Hall–Kier alpha value is -2.37. The lowest BCUT2D eigenvalue weighted by Gasteiger charge is -2.12. The molecule has 0 saturated carbocycles. The number of hydrogen-bond acceptors (Lipinski definition) is 3. The van der Waals surface area contributed by atoms with Gasteiger partial charge in [-0.2, -0.15) is 5.10 Å². The molecule has 0 atom stereocenters. The fourth-order valence-corrected chi connectivity index (χ4v) is 1.57. The number of anilines is 1. The molecule has 2 rings (SSSR count). The average molecular weight is 232 g/mol. The molecule has 17 heavy (non-hydrogen) atoms. The minimum atomic E-state index is -0.597. The Balaban J connectivity index is 2.12. The molecule has 0 unspecified atom stereocenters. The highest BCUT2D eigenvalue weighted by molar-refractivity contribution is 6.04. The lowest BCUT2D eigenvalue weighted by atomic mass is 10.0.